The highest BCUT2D eigenvalue weighted by Crippen LogP contribution is 2.30. The molecule has 4 rings (SSSR count). The molecular formula is C22H24N4O4. The molecule has 0 unspecified atom stereocenters. The Balaban J connectivity index is 1.31. The Labute approximate surface area is 174 Å². The van der Waals surface area contributed by atoms with E-state index in [1.807, 2.05) is 30.3 Å². The molecule has 0 saturated carbocycles. The molecule has 1 aliphatic heterocycles. The summed E-state index contributed by atoms with van der Waals surface area (Å²) in [5, 5.41) is 14.3. The average molecular weight is 408 g/mol. The van der Waals surface area contributed by atoms with Gasteiger partial charge >= 0.3 is 0 Å². The van der Waals surface area contributed by atoms with Crippen molar-refractivity contribution < 1.29 is 19.2 Å². The number of piperazine rings is 1. The fraction of sp³-hybridized carbons (Fsp3) is 0.318. The van der Waals surface area contributed by atoms with Crippen LogP contribution in [0.5, 0.6) is 11.5 Å². The number of nitrogens with zero attached hydrogens (tertiary/aromatic N) is 4. The zero-order chi connectivity index (χ0) is 20.9. The summed E-state index contributed by atoms with van der Waals surface area (Å²) in [7, 11) is 1.46. The maximum atomic E-state index is 12.8. The lowest BCUT2D eigenvalue weighted by molar-refractivity contribution is 0.0611. The van der Waals surface area contributed by atoms with Crippen LogP contribution >= 0.6 is 0 Å². The SMILES string of the molecule is COc1cccc(C(=O)N2CCN(Cc3nc(Cc4ccccc4)no3)CC2)c1O. The van der Waals surface area contributed by atoms with Gasteiger partial charge in [0, 0.05) is 32.6 Å². The monoisotopic (exact) mass is 408 g/mol. The molecule has 0 aliphatic carbocycles. The lowest BCUT2D eigenvalue weighted by Crippen LogP contribution is -2.48. The van der Waals surface area contributed by atoms with Gasteiger partial charge in [0.05, 0.1) is 19.2 Å². The summed E-state index contributed by atoms with van der Waals surface area (Å²) in [5.74, 6) is 1.21. The fourth-order valence-corrected chi connectivity index (χ4v) is 3.53. The van der Waals surface area contributed by atoms with Crippen LogP contribution in [0.25, 0.3) is 0 Å². The molecule has 1 amide bonds. The second-order valence-electron chi connectivity index (χ2n) is 7.19. The summed E-state index contributed by atoms with van der Waals surface area (Å²) in [4.78, 5) is 21.2. The summed E-state index contributed by atoms with van der Waals surface area (Å²) in [6, 6.07) is 15.0. The fourth-order valence-electron chi connectivity index (χ4n) is 3.53. The Kier molecular flexibility index (Phi) is 5.94. The van der Waals surface area contributed by atoms with Crippen LogP contribution in [-0.2, 0) is 13.0 Å². The Morgan fingerprint density at radius 2 is 1.87 bits per heavy atom. The molecule has 30 heavy (non-hydrogen) atoms. The van der Waals surface area contributed by atoms with Crippen LogP contribution in [0.15, 0.2) is 53.1 Å². The van der Waals surface area contributed by atoms with Crippen LogP contribution < -0.4 is 4.74 Å². The first kappa shape index (κ1) is 19.9. The number of phenols is 1. The molecule has 0 atom stereocenters. The summed E-state index contributed by atoms with van der Waals surface area (Å²) in [6.07, 6.45) is 0.636. The molecule has 1 aliphatic rings. The minimum Gasteiger partial charge on any atom is -0.504 e. The summed E-state index contributed by atoms with van der Waals surface area (Å²) in [5.41, 5.74) is 1.39. The summed E-state index contributed by atoms with van der Waals surface area (Å²) in [6.45, 7) is 3.04. The Hall–Kier alpha value is -3.39. The van der Waals surface area contributed by atoms with Gasteiger partial charge in [0.15, 0.2) is 17.3 Å². The van der Waals surface area contributed by atoms with Crippen molar-refractivity contribution in [3.8, 4) is 11.5 Å². The molecule has 0 bridgehead atoms. The third kappa shape index (κ3) is 4.44. The van der Waals surface area contributed by atoms with Gasteiger partial charge in [-0.05, 0) is 17.7 Å². The number of benzene rings is 2. The number of hydrogen-bond acceptors (Lipinski definition) is 7. The van der Waals surface area contributed by atoms with E-state index in [4.69, 9.17) is 9.26 Å². The molecule has 2 heterocycles. The Bertz CT molecular complexity index is 997. The van der Waals surface area contributed by atoms with E-state index in [0.717, 1.165) is 5.56 Å². The van der Waals surface area contributed by atoms with Gasteiger partial charge in [-0.2, -0.15) is 4.98 Å². The van der Waals surface area contributed by atoms with E-state index in [9.17, 15) is 9.90 Å². The standard InChI is InChI=1S/C22H24N4O4/c1-29-18-9-5-8-17(21(18)27)22(28)26-12-10-25(11-13-26)15-20-23-19(24-30-20)14-16-6-3-2-4-7-16/h2-9,27H,10-15H2,1H3. The van der Waals surface area contributed by atoms with Crippen molar-refractivity contribution in [3.05, 3.63) is 71.4 Å². The van der Waals surface area contributed by atoms with E-state index in [1.165, 1.54) is 7.11 Å². The number of amides is 1. The van der Waals surface area contributed by atoms with Gasteiger partial charge in [-0.25, -0.2) is 0 Å². The Morgan fingerprint density at radius 1 is 1.10 bits per heavy atom. The second kappa shape index (κ2) is 8.96. The molecular weight excluding hydrogens is 384 g/mol. The first-order valence-electron chi connectivity index (χ1n) is 9.87. The third-order valence-corrected chi connectivity index (χ3v) is 5.18. The van der Waals surface area contributed by atoms with Gasteiger partial charge < -0.3 is 19.3 Å². The van der Waals surface area contributed by atoms with E-state index in [-0.39, 0.29) is 17.2 Å². The van der Waals surface area contributed by atoms with Gasteiger partial charge in [0.1, 0.15) is 0 Å². The van der Waals surface area contributed by atoms with Crippen LogP contribution in [-0.4, -0.2) is 64.2 Å². The van der Waals surface area contributed by atoms with E-state index in [2.05, 4.69) is 15.0 Å². The normalized spacial score (nSPS) is 14.6. The molecule has 0 spiro atoms. The van der Waals surface area contributed by atoms with Gasteiger partial charge in [-0.1, -0.05) is 41.6 Å². The number of phenolic OH excluding ortho intramolecular Hbond substituents is 1. The van der Waals surface area contributed by atoms with Crippen molar-refractivity contribution >= 4 is 5.91 Å². The molecule has 1 N–H and O–H groups in total. The van der Waals surface area contributed by atoms with Crippen molar-refractivity contribution in [3.63, 3.8) is 0 Å². The average Bonchev–Trinajstić information content (AvgIpc) is 3.21. The number of aromatic hydroxyl groups is 1. The number of para-hydroxylation sites is 1. The molecule has 156 valence electrons. The van der Waals surface area contributed by atoms with Gasteiger partial charge in [0.25, 0.3) is 5.91 Å². The zero-order valence-electron chi connectivity index (χ0n) is 16.8. The number of methoxy groups -OCH3 is 1. The van der Waals surface area contributed by atoms with E-state index in [0.29, 0.717) is 56.6 Å². The van der Waals surface area contributed by atoms with E-state index >= 15 is 0 Å². The van der Waals surface area contributed by atoms with Crippen LogP contribution in [0.1, 0.15) is 27.6 Å². The topological polar surface area (TPSA) is 91.9 Å². The second-order valence-corrected chi connectivity index (χ2v) is 7.19. The first-order chi connectivity index (χ1) is 14.6. The highest BCUT2D eigenvalue weighted by molar-refractivity contribution is 5.97. The first-order valence-corrected chi connectivity index (χ1v) is 9.87. The van der Waals surface area contributed by atoms with Gasteiger partial charge in [-0.15, -0.1) is 0 Å². The van der Waals surface area contributed by atoms with Crippen molar-refractivity contribution in [2.45, 2.75) is 13.0 Å². The van der Waals surface area contributed by atoms with Crippen LogP contribution in [0, 0.1) is 0 Å². The summed E-state index contributed by atoms with van der Waals surface area (Å²) >= 11 is 0. The highest BCUT2D eigenvalue weighted by atomic mass is 16.5. The van der Waals surface area contributed by atoms with Crippen LogP contribution in [0.3, 0.4) is 0 Å². The van der Waals surface area contributed by atoms with Gasteiger partial charge in [-0.3, -0.25) is 9.69 Å². The molecule has 8 nitrogen and oxygen atoms in total. The summed E-state index contributed by atoms with van der Waals surface area (Å²) < 4.78 is 10.5. The smallest absolute Gasteiger partial charge is 0.257 e. The zero-order valence-corrected chi connectivity index (χ0v) is 16.8. The number of rotatable bonds is 6. The molecule has 1 fully saturated rings. The molecule has 2 aromatic carbocycles. The molecule has 3 aromatic rings. The number of ether oxygens (including phenoxy) is 1. The van der Waals surface area contributed by atoms with Gasteiger partial charge in [0.2, 0.25) is 5.89 Å². The number of hydrogen-bond donors (Lipinski definition) is 1. The predicted molar refractivity (Wildman–Crippen MR) is 109 cm³/mol. The number of carbonyl (C=O) groups excluding carboxylic acids is 1. The number of carbonyl (C=O) groups is 1. The maximum absolute atomic E-state index is 12.8. The van der Waals surface area contributed by atoms with Crippen LogP contribution in [0.2, 0.25) is 0 Å². The van der Waals surface area contributed by atoms with E-state index in [1.54, 1.807) is 23.1 Å². The predicted octanol–water partition coefficient (Wildman–Crippen LogP) is 2.33. The van der Waals surface area contributed by atoms with Crippen molar-refractivity contribution in [1.82, 2.24) is 19.9 Å². The van der Waals surface area contributed by atoms with Crippen molar-refractivity contribution in [1.29, 1.82) is 0 Å². The quantitative estimate of drug-likeness (QED) is 0.669. The van der Waals surface area contributed by atoms with Crippen LogP contribution in [0.4, 0.5) is 0 Å². The van der Waals surface area contributed by atoms with Crippen molar-refractivity contribution in [2.75, 3.05) is 33.3 Å². The molecule has 8 heteroatoms. The number of aromatic nitrogens is 2. The maximum Gasteiger partial charge on any atom is 0.257 e. The Morgan fingerprint density at radius 3 is 2.60 bits per heavy atom. The van der Waals surface area contributed by atoms with Crippen molar-refractivity contribution in [2.24, 2.45) is 0 Å². The largest absolute Gasteiger partial charge is 0.504 e. The minimum absolute atomic E-state index is 0.121. The molecule has 1 saturated heterocycles. The third-order valence-electron chi connectivity index (χ3n) is 5.18. The van der Waals surface area contributed by atoms with E-state index < -0.39 is 0 Å². The highest BCUT2D eigenvalue weighted by Gasteiger charge is 2.26. The molecule has 0 radical (unpaired) electrons. The lowest BCUT2D eigenvalue weighted by Gasteiger charge is -2.34. The minimum atomic E-state index is -0.200. The molecule has 1 aromatic heterocycles. The lowest BCUT2D eigenvalue weighted by atomic mass is 10.1.